The standard InChI is InChI=1S/C14H16F2N2O3S/c1-19-6-5-17-14-18-10(8-22-14)9-3-4-11(21-13(15)16)12(7-9)20-2/h3-4,7-8,13H,5-6H2,1-2H3,(H,17,18). The summed E-state index contributed by atoms with van der Waals surface area (Å²) < 4.78 is 39.0. The van der Waals surface area contributed by atoms with Crippen LogP contribution in [0.15, 0.2) is 23.6 Å². The molecule has 2 rings (SSSR count). The highest BCUT2D eigenvalue weighted by Crippen LogP contribution is 2.34. The summed E-state index contributed by atoms with van der Waals surface area (Å²) in [5, 5.41) is 5.76. The molecular formula is C14H16F2N2O3S. The molecule has 2 aromatic rings. The van der Waals surface area contributed by atoms with Gasteiger partial charge in [-0.25, -0.2) is 4.98 Å². The number of alkyl halides is 2. The molecule has 0 bridgehead atoms. The molecule has 0 aliphatic carbocycles. The third-order valence-electron chi connectivity index (χ3n) is 2.76. The quantitative estimate of drug-likeness (QED) is 0.751. The molecule has 1 N–H and O–H groups in total. The number of ether oxygens (including phenoxy) is 3. The predicted molar refractivity (Wildman–Crippen MR) is 81.1 cm³/mol. The third kappa shape index (κ3) is 4.28. The number of benzene rings is 1. The average Bonchev–Trinajstić information content (AvgIpc) is 2.96. The van der Waals surface area contributed by atoms with Crippen molar-refractivity contribution in [3.8, 4) is 22.8 Å². The van der Waals surface area contributed by atoms with Crippen LogP contribution in [-0.2, 0) is 4.74 Å². The summed E-state index contributed by atoms with van der Waals surface area (Å²) in [6.45, 7) is -1.65. The van der Waals surface area contributed by atoms with E-state index in [2.05, 4.69) is 15.0 Å². The van der Waals surface area contributed by atoms with Crippen molar-refractivity contribution in [2.45, 2.75) is 6.61 Å². The fourth-order valence-corrected chi connectivity index (χ4v) is 2.52. The van der Waals surface area contributed by atoms with Crippen LogP contribution in [0.25, 0.3) is 11.3 Å². The Bertz CT molecular complexity index is 608. The van der Waals surface area contributed by atoms with Gasteiger partial charge in [0.1, 0.15) is 0 Å². The summed E-state index contributed by atoms with van der Waals surface area (Å²) in [4.78, 5) is 4.43. The zero-order chi connectivity index (χ0) is 15.9. The van der Waals surface area contributed by atoms with Gasteiger partial charge in [-0.05, 0) is 18.2 Å². The molecule has 22 heavy (non-hydrogen) atoms. The van der Waals surface area contributed by atoms with Crippen LogP contribution in [0.5, 0.6) is 11.5 Å². The van der Waals surface area contributed by atoms with Crippen LogP contribution < -0.4 is 14.8 Å². The van der Waals surface area contributed by atoms with Gasteiger partial charge in [0.2, 0.25) is 0 Å². The van der Waals surface area contributed by atoms with E-state index in [0.717, 1.165) is 16.4 Å². The van der Waals surface area contributed by atoms with E-state index in [1.807, 2.05) is 5.38 Å². The molecule has 1 heterocycles. The number of rotatable bonds is 8. The molecular weight excluding hydrogens is 314 g/mol. The first kappa shape index (κ1) is 16.4. The number of nitrogens with zero attached hydrogens (tertiary/aromatic N) is 1. The Kier molecular flexibility index (Phi) is 5.91. The summed E-state index contributed by atoms with van der Waals surface area (Å²) in [7, 11) is 3.03. The molecule has 1 aromatic heterocycles. The predicted octanol–water partition coefficient (Wildman–Crippen LogP) is 3.48. The molecule has 0 spiro atoms. The maximum absolute atomic E-state index is 12.3. The van der Waals surface area contributed by atoms with Gasteiger partial charge in [-0.3, -0.25) is 0 Å². The number of hydrogen-bond donors (Lipinski definition) is 1. The lowest BCUT2D eigenvalue weighted by atomic mass is 10.1. The van der Waals surface area contributed by atoms with Crippen molar-refractivity contribution in [3.05, 3.63) is 23.6 Å². The number of halogens is 2. The highest BCUT2D eigenvalue weighted by molar-refractivity contribution is 7.14. The van der Waals surface area contributed by atoms with Gasteiger partial charge in [-0.1, -0.05) is 0 Å². The van der Waals surface area contributed by atoms with Gasteiger partial charge in [-0.15, -0.1) is 11.3 Å². The summed E-state index contributed by atoms with van der Waals surface area (Å²) in [5.41, 5.74) is 1.49. The second kappa shape index (κ2) is 7.90. The first-order valence-corrected chi connectivity index (χ1v) is 7.33. The summed E-state index contributed by atoms with van der Waals surface area (Å²) in [6.07, 6.45) is 0. The molecule has 1 aromatic carbocycles. The zero-order valence-electron chi connectivity index (χ0n) is 12.1. The van der Waals surface area contributed by atoms with Gasteiger partial charge < -0.3 is 19.5 Å². The molecule has 0 saturated heterocycles. The topological polar surface area (TPSA) is 52.6 Å². The summed E-state index contributed by atoms with van der Waals surface area (Å²) >= 11 is 1.45. The van der Waals surface area contributed by atoms with E-state index in [4.69, 9.17) is 9.47 Å². The lowest BCUT2D eigenvalue weighted by Crippen LogP contribution is -2.07. The number of methoxy groups -OCH3 is 2. The van der Waals surface area contributed by atoms with Crippen LogP contribution in [0.3, 0.4) is 0 Å². The Hall–Kier alpha value is -1.93. The maximum Gasteiger partial charge on any atom is 0.387 e. The normalized spacial score (nSPS) is 10.8. The van der Waals surface area contributed by atoms with E-state index in [9.17, 15) is 8.78 Å². The Morgan fingerprint density at radius 3 is 2.77 bits per heavy atom. The first-order chi connectivity index (χ1) is 10.6. The SMILES string of the molecule is COCCNc1nc(-c2ccc(OC(F)F)c(OC)c2)cs1. The van der Waals surface area contributed by atoms with Gasteiger partial charge in [0.15, 0.2) is 16.6 Å². The molecule has 0 saturated carbocycles. The highest BCUT2D eigenvalue weighted by atomic mass is 32.1. The number of hydrogen-bond acceptors (Lipinski definition) is 6. The van der Waals surface area contributed by atoms with Crippen molar-refractivity contribution in [2.75, 3.05) is 32.7 Å². The number of thiazole rings is 1. The van der Waals surface area contributed by atoms with Crippen molar-refractivity contribution in [1.29, 1.82) is 0 Å². The van der Waals surface area contributed by atoms with Gasteiger partial charge in [0.25, 0.3) is 0 Å². The number of nitrogens with one attached hydrogen (secondary N) is 1. The van der Waals surface area contributed by atoms with Crippen molar-refractivity contribution >= 4 is 16.5 Å². The minimum atomic E-state index is -2.89. The fraction of sp³-hybridized carbons (Fsp3) is 0.357. The maximum atomic E-state index is 12.3. The first-order valence-electron chi connectivity index (χ1n) is 6.45. The van der Waals surface area contributed by atoms with Gasteiger partial charge >= 0.3 is 6.61 Å². The van der Waals surface area contributed by atoms with Crippen LogP contribution in [0.1, 0.15) is 0 Å². The third-order valence-corrected chi connectivity index (χ3v) is 3.56. The smallest absolute Gasteiger partial charge is 0.387 e. The number of aromatic nitrogens is 1. The molecule has 0 unspecified atom stereocenters. The lowest BCUT2D eigenvalue weighted by Gasteiger charge is -2.10. The Morgan fingerprint density at radius 2 is 2.09 bits per heavy atom. The summed E-state index contributed by atoms with van der Waals surface area (Å²) in [5.74, 6) is 0.231. The van der Waals surface area contributed by atoms with Crippen LogP contribution in [0.2, 0.25) is 0 Å². The van der Waals surface area contributed by atoms with Gasteiger partial charge in [0, 0.05) is 24.6 Å². The average molecular weight is 330 g/mol. The molecule has 0 radical (unpaired) electrons. The van der Waals surface area contributed by atoms with E-state index in [1.54, 1.807) is 19.2 Å². The molecule has 0 atom stereocenters. The van der Waals surface area contributed by atoms with Crippen molar-refractivity contribution < 1.29 is 23.0 Å². The molecule has 0 aliphatic rings. The molecule has 5 nitrogen and oxygen atoms in total. The van der Waals surface area contributed by atoms with Crippen molar-refractivity contribution in [3.63, 3.8) is 0 Å². The molecule has 120 valence electrons. The number of anilines is 1. The highest BCUT2D eigenvalue weighted by Gasteiger charge is 2.13. The summed E-state index contributed by atoms with van der Waals surface area (Å²) in [6, 6.07) is 4.72. The second-order valence-corrected chi connectivity index (χ2v) is 5.06. The zero-order valence-corrected chi connectivity index (χ0v) is 13.0. The minimum Gasteiger partial charge on any atom is -0.493 e. The van der Waals surface area contributed by atoms with E-state index >= 15 is 0 Å². The Morgan fingerprint density at radius 1 is 1.27 bits per heavy atom. The van der Waals surface area contributed by atoms with Crippen molar-refractivity contribution in [1.82, 2.24) is 4.98 Å². The lowest BCUT2D eigenvalue weighted by molar-refractivity contribution is -0.0512. The van der Waals surface area contributed by atoms with E-state index in [0.29, 0.717) is 13.2 Å². The second-order valence-electron chi connectivity index (χ2n) is 4.20. The molecule has 0 fully saturated rings. The fourth-order valence-electron chi connectivity index (χ4n) is 1.77. The van der Waals surface area contributed by atoms with Gasteiger partial charge in [-0.2, -0.15) is 8.78 Å². The Labute approximate surface area is 130 Å². The largest absolute Gasteiger partial charge is 0.493 e. The van der Waals surface area contributed by atoms with Gasteiger partial charge in [0.05, 0.1) is 19.4 Å². The van der Waals surface area contributed by atoms with E-state index in [1.165, 1.54) is 24.5 Å². The van der Waals surface area contributed by atoms with Crippen LogP contribution in [0, 0.1) is 0 Å². The van der Waals surface area contributed by atoms with E-state index in [-0.39, 0.29) is 11.5 Å². The molecule has 8 heteroatoms. The Balaban J connectivity index is 2.15. The van der Waals surface area contributed by atoms with Crippen molar-refractivity contribution in [2.24, 2.45) is 0 Å². The van der Waals surface area contributed by atoms with E-state index < -0.39 is 6.61 Å². The minimum absolute atomic E-state index is 0.00470. The van der Waals surface area contributed by atoms with Crippen LogP contribution >= 0.6 is 11.3 Å². The van der Waals surface area contributed by atoms with Crippen LogP contribution in [-0.4, -0.2) is 39.0 Å². The van der Waals surface area contributed by atoms with Crippen LogP contribution in [0.4, 0.5) is 13.9 Å². The molecule has 0 aliphatic heterocycles. The monoisotopic (exact) mass is 330 g/mol. The molecule has 0 amide bonds.